The van der Waals surface area contributed by atoms with Gasteiger partial charge in [-0.3, -0.25) is 0 Å². The molecule has 0 fully saturated rings. The van der Waals surface area contributed by atoms with Crippen LogP contribution in [0.3, 0.4) is 0 Å². The number of ether oxygens (including phenoxy) is 1. The topological polar surface area (TPSA) is 27.1 Å². The van der Waals surface area contributed by atoms with Gasteiger partial charge >= 0.3 is 0 Å². The maximum absolute atomic E-state index is 13.0. The van der Waals surface area contributed by atoms with E-state index < -0.39 is 0 Å². The molecule has 0 aliphatic rings. The molecule has 0 spiro atoms. The average Bonchev–Trinajstić information content (AvgIpc) is 2.76. The van der Waals surface area contributed by atoms with Crippen LogP contribution in [0.2, 0.25) is 0 Å². The molecule has 2 aromatic heterocycles. The molecule has 23 heavy (non-hydrogen) atoms. The molecule has 0 amide bonds. The van der Waals surface area contributed by atoms with E-state index in [9.17, 15) is 4.39 Å². The van der Waals surface area contributed by atoms with E-state index in [0.29, 0.717) is 18.2 Å². The van der Waals surface area contributed by atoms with Crippen molar-refractivity contribution in [3.05, 3.63) is 53.6 Å². The lowest BCUT2D eigenvalue weighted by Crippen LogP contribution is -2.00. The van der Waals surface area contributed by atoms with Crippen LogP contribution in [0, 0.1) is 32.0 Å². The molecule has 0 atom stereocenters. The summed E-state index contributed by atoms with van der Waals surface area (Å²) in [6, 6.07) is 7.80. The highest BCUT2D eigenvalue weighted by Gasteiger charge is 2.16. The number of hydrogen-bond acceptors (Lipinski definition) is 2. The molecule has 0 bridgehead atoms. The SMILES string of the molecule is C#CCn1c(C)c(C)c2ccnc(Oc3ccc(F)cc3)c21.Cl. The van der Waals surface area contributed by atoms with E-state index in [4.69, 9.17) is 11.2 Å². The molecule has 0 aliphatic carbocycles. The maximum atomic E-state index is 13.0. The van der Waals surface area contributed by atoms with Gasteiger partial charge in [-0.2, -0.15) is 0 Å². The minimum absolute atomic E-state index is 0. The maximum Gasteiger partial charge on any atom is 0.244 e. The number of rotatable bonds is 3. The van der Waals surface area contributed by atoms with E-state index >= 15 is 0 Å². The Morgan fingerprint density at radius 3 is 2.57 bits per heavy atom. The average molecular weight is 331 g/mol. The summed E-state index contributed by atoms with van der Waals surface area (Å²) in [5.41, 5.74) is 3.10. The summed E-state index contributed by atoms with van der Waals surface area (Å²) in [6.45, 7) is 4.52. The smallest absolute Gasteiger partial charge is 0.244 e. The van der Waals surface area contributed by atoms with Crippen molar-refractivity contribution in [2.45, 2.75) is 20.4 Å². The minimum atomic E-state index is -0.305. The highest BCUT2D eigenvalue weighted by molar-refractivity contribution is 5.89. The van der Waals surface area contributed by atoms with Crippen molar-refractivity contribution in [3.8, 4) is 24.0 Å². The minimum Gasteiger partial charge on any atom is -0.437 e. The molecule has 0 saturated carbocycles. The second-order valence-corrected chi connectivity index (χ2v) is 5.07. The lowest BCUT2D eigenvalue weighted by atomic mass is 10.2. The first-order valence-electron chi connectivity index (χ1n) is 6.93. The summed E-state index contributed by atoms with van der Waals surface area (Å²) in [4.78, 5) is 4.32. The number of benzene rings is 1. The van der Waals surface area contributed by atoms with Crippen molar-refractivity contribution in [2.75, 3.05) is 0 Å². The third-order valence-electron chi connectivity index (χ3n) is 3.79. The van der Waals surface area contributed by atoms with E-state index in [2.05, 4.69) is 10.9 Å². The predicted octanol–water partition coefficient (Wildman–Crippen LogP) is 4.64. The first-order valence-corrected chi connectivity index (χ1v) is 6.93. The third-order valence-corrected chi connectivity index (χ3v) is 3.79. The summed E-state index contributed by atoms with van der Waals surface area (Å²) in [5, 5.41) is 1.06. The van der Waals surface area contributed by atoms with Gasteiger partial charge in [-0.25, -0.2) is 9.37 Å². The normalized spacial score (nSPS) is 10.2. The third kappa shape index (κ3) is 3.01. The van der Waals surface area contributed by atoms with Crippen molar-refractivity contribution in [2.24, 2.45) is 0 Å². The molecule has 0 N–H and O–H groups in total. The fraction of sp³-hybridized carbons (Fsp3) is 0.167. The molecule has 3 nitrogen and oxygen atoms in total. The Morgan fingerprint density at radius 2 is 1.91 bits per heavy atom. The van der Waals surface area contributed by atoms with Crippen molar-refractivity contribution in [1.29, 1.82) is 0 Å². The molecule has 3 rings (SSSR count). The first-order chi connectivity index (χ1) is 10.6. The Kier molecular flexibility index (Phi) is 4.92. The van der Waals surface area contributed by atoms with Gasteiger partial charge in [0.2, 0.25) is 5.88 Å². The monoisotopic (exact) mass is 330 g/mol. The summed E-state index contributed by atoms with van der Waals surface area (Å²) in [7, 11) is 0. The van der Waals surface area contributed by atoms with Gasteiger partial charge in [-0.05, 0) is 49.7 Å². The van der Waals surface area contributed by atoms with Gasteiger partial charge < -0.3 is 9.30 Å². The first kappa shape index (κ1) is 16.9. The van der Waals surface area contributed by atoms with E-state index in [1.54, 1.807) is 18.3 Å². The van der Waals surface area contributed by atoms with Crippen LogP contribution in [-0.2, 0) is 6.54 Å². The molecule has 0 aliphatic heterocycles. The van der Waals surface area contributed by atoms with Crippen LogP contribution >= 0.6 is 12.4 Å². The zero-order valence-electron chi connectivity index (χ0n) is 12.8. The largest absolute Gasteiger partial charge is 0.437 e. The fourth-order valence-electron chi connectivity index (χ4n) is 2.54. The Labute approximate surface area is 140 Å². The van der Waals surface area contributed by atoms with Crippen LogP contribution in [0.15, 0.2) is 36.5 Å². The van der Waals surface area contributed by atoms with Crippen molar-refractivity contribution < 1.29 is 9.13 Å². The van der Waals surface area contributed by atoms with Gasteiger partial charge in [-0.15, -0.1) is 18.8 Å². The number of aryl methyl sites for hydroxylation is 1. The molecular formula is C18H16ClFN2O. The number of halogens is 2. The predicted molar refractivity (Wildman–Crippen MR) is 91.8 cm³/mol. The highest BCUT2D eigenvalue weighted by atomic mass is 35.5. The zero-order chi connectivity index (χ0) is 15.7. The Morgan fingerprint density at radius 1 is 1.22 bits per heavy atom. The van der Waals surface area contributed by atoms with Crippen LogP contribution in [-0.4, -0.2) is 9.55 Å². The number of fused-ring (bicyclic) bond motifs is 1. The van der Waals surface area contributed by atoms with Gasteiger partial charge in [0.05, 0.1) is 6.54 Å². The Hall–Kier alpha value is -2.51. The molecule has 5 heteroatoms. The van der Waals surface area contributed by atoms with Crippen LogP contribution in [0.1, 0.15) is 11.3 Å². The van der Waals surface area contributed by atoms with Gasteiger partial charge in [0.15, 0.2) is 0 Å². The molecule has 0 unspecified atom stereocenters. The molecule has 1 aromatic carbocycles. The Bertz CT molecular complexity index is 879. The molecule has 118 valence electrons. The summed E-state index contributed by atoms with van der Waals surface area (Å²) in [6.07, 6.45) is 7.18. The van der Waals surface area contributed by atoms with Crippen molar-refractivity contribution in [1.82, 2.24) is 9.55 Å². The summed E-state index contributed by atoms with van der Waals surface area (Å²) >= 11 is 0. The van der Waals surface area contributed by atoms with E-state index in [1.165, 1.54) is 12.1 Å². The Balaban J connectivity index is 0.00000192. The number of terminal acetylenes is 1. The van der Waals surface area contributed by atoms with Gasteiger partial charge in [0, 0.05) is 17.3 Å². The summed E-state index contributed by atoms with van der Waals surface area (Å²) in [5.74, 6) is 3.35. The second-order valence-electron chi connectivity index (χ2n) is 5.07. The van der Waals surface area contributed by atoms with Gasteiger partial charge in [-0.1, -0.05) is 5.92 Å². The van der Waals surface area contributed by atoms with Gasteiger partial charge in [0.1, 0.15) is 17.1 Å². The quantitative estimate of drug-likeness (QED) is 0.654. The van der Waals surface area contributed by atoms with Crippen molar-refractivity contribution >= 4 is 23.3 Å². The molecule has 2 heterocycles. The van der Waals surface area contributed by atoms with Crippen LogP contribution in [0.25, 0.3) is 10.9 Å². The lowest BCUT2D eigenvalue weighted by Gasteiger charge is -2.09. The second kappa shape index (κ2) is 6.72. The summed E-state index contributed by atoms with van der Waals surface area (Å²) < 4.78 is 20.8. The van der Waals surface area contributed by atoms with Gasteiger partial charge in [0.25, 0.3) is 0 Å². The highest BCUT2D eigenvalue weighted by Crippen LogP contribution is 2.33. The number of nitrogens with zero attached hydrogens (tertiary/aromatic N) is 2. The standard InChI is InChI=1S/C18H15FN2O.ClH/c1-4-11-21-13(3)12(2)16-9-10-20-18(17(16)21)22-15-7-5-14(19)6-8-15;/h1,5-10H,11H2,2-3H3;1H. The van der Waals surface area contributed by atoms with E-state index in [-0.39, 0.29) is 18.2 Å². The molecule has 3 aromatic rings. The van der Waals surface area contributed by atoms with Crippen molar-refractivity contribution in [3.63, 3.8) is 0 Å². The number of hydrogen-bond donors (Lipinski definition) is 0. The number of pyridine rings is 1. The van der Waals surface area contributed by atoms with Crippen LogP contribution < -0.4 is 4.74 Å². The molecule has 0 saturated heterocycles. The lowest BCUT2D eigenvalue weighted by molar-refractivity contribution is 0.464. The van der Waals surface area contributed by atoms with E-state index in [0.717, 1.165) is 22.2 Å². The fourth-order valence-corrected chi connectivity index (χ4v) is 2.54. The number of aromatic nitrogens is 2. The van der Waals surface area contributed by atoms with Crippen LogP contribution in [0.5, 0.6) is 11.6 Å². The zero-order valence-corrected chi connectivity index (χ0v) is 13.7. The van der Waals surface area contributed by atoms with Crippen LogP contribution in [0.4, 0.5) is 4.39 Å². The molecular weight excluding hydrogens is 315 g/mol. The van der Waals surface area contributed by atoms with E-state index in [1.807, 2.05) is 24.5 Å². The molecule has 0 radical (unpaired) electrons.